The Bertz CT molecular complexity index is 338. The van der Waals surface area contributed by atoms with E-state index in [1.54, 1.807) is 6.07 Å². The van der Waals surface area contributed by atoms with E-state index in [1.165, 1.54) is 5.56 Å². The van der Waals surface area contributed by atoms with Crippen LogP contribution in [0.25, 0.3) is 0 Å². The number of hydrogen-bond donors (Lipinski definition) is 1. The van der Waals surface area contributed by atoms with Crippen LogP contribution >= 0.6 is 15.9 Å². The van der Waals surface area contributed by atoms with Gasteiger partial charge in [0.1, 0.15) is 5.82 Å². The van der Waals surface area contributed by atoms with Crippen LogP contribution in [0.1, 0.15) is 12.5 Å². The average Bonchev–Trinajstić information content (AvgIpc) is 2.08. The van der Waals surface area contributed by atoms with Gasteiger partial charge in [-0.25, -0.2) is 4.39 Å². The lowest BCUT2D eigenvalue weighted by Crippen LogP contribution is -2.20. The molecule has 0 spiro atoms. The van der Waals surface area contributed by atoms with Crippen molar-refractivity contribution >= 4 is 21.6 Å². The third-order valence-electron chi connectivity index (χ3n) is 2.36. The molecule has 0 bridgehead atoms. The maximum atomic E-state index is 13.1. The molecule has 70 valence electrons. The second-order valence-corrected chi connectivity index (χ2v) is 4.47. The molecule has 1 heterocycles. The van der Waals surface area contributed by atoms with Gasteiger partial charge in [-0.1, -0.05) is 6.92 Å². The lowest BCUT2D eigenvalue weighted by atomic mass is 9.96. The summed E-state index contributed by atoms with van der Waals surface area (Å²) in [5.41, 5.74) is 2.14. The first-order valence-corrected chi connectivity index (χ1v) is 5.18. The van der Waals surface area contributed by atoms with E-state index in [0.29, 0.717) is 10.4 Å². The van der Waals surface area contributed by atoms with Gasteiger partial charge in [-0.2, -0.15) is 0 Å². The first-order chi connectivity index (χ1) is 6.16. The van der Waals surface area contributed by atoms with Crippen molar-refractivity contribution in [3.05, 3.63) is 28.0 Å². The summed E-state index contributed by atoms with van der Waals surface area (Å²) in [7, 11) is 0. The Labute approximate surface area is 85.5 Å². The van der Waals surface area contributed by atoms with Gasteiger partial charge in [0.05, 0.1) is 4.47 Å². The molecule has 0 aliphatic carbocycles. The molecule has 0 saturated carbocycles. The average molecular weight is 244 g/mol. The van der Waals surface area contributed by atoms with Gasteiger partial charge in [-0.15, -0.1) is 0 Å². The molecule has 0 radical (unpaired) electrons. The van der Waals surface area contributed by atoms with Crippen LogP contribution in [-0.4, -0.2) is 6.54 Å². The molecular weight excluding hydrogens is 233 g/mol. The number of nitrogens with one attached hydrogen (secondary N) is 1. The highest BCUT2D eigenvalue weighted by Gasteiger charge is 2.16. The van der Waals surface area contributed by atoms with Crippen LogP contribution in [0.2, 0.25) is 0 Å². The van der Waals surface area contributed by atoms with Crippen LogP contribution in [0, 0.1) is 11.7 Å². The quantitative estimate of drug-likeness (QED) is 0.738. The Hall–Kier alpha value is -0.570. The molecule has 1 aromatic carbocycles. The Morgan fingerprint density at radius 1 is 1.54 bits per heavy atom. The maximum absolute atomic E-state index is 13.1. The van der Waals surface area contributed by atoms with Gasteiger partial charge in [-0.05, 0) is 46.0 Å². The lowest BCUT2D eigenvalue weighted by molar-refractivity contribution is 0.584. The fourth-order valence-electron chi connectivity index (χ4n) is 1.65. The van der Waals surface area contributed by atoms with Crippen LogP contribution < -0.4 is 5.32 Å². The molecule has 1 aliphatic rings. The SMILES string of the molecule is CC1CNc2cc(F)c(Br)cc2C1. The summed E-state index contributed by atoms with van der Waals surface area (Å²) in [6.45, 7) is 3.13. The molecule has 0 aromatic heterocycles. The van der Waals surface area contributed by atoms with Gasteiger partial charge in [0.2, 0.25) is 0 Å². The van der Waals surface area contributed by atoms with Gasteiger partial charge in [-0.3, -0.25) is 0 Å². The zero-order valence-electron chi connectivity index (χ0n) is 7.40. The summed E-state index contributed by atoms with van der Waals surface area (Å²) in [6, 6.07) is 3.43. The van der Waals surface area contributed by atoms with Gasteiger partial charge >= 0.3 is 0 Å². The zero-order chi connectivity index (χ0) is 9.42. The fraction of sp³-hybridized carbons (Fsp3) is 0.400. The molecule has 1 nitrogen and oxygen atoms in total. The second kappa shape index (κ2) is 3.29. The van der Waals surface area contributed by atoms with Crippen molar-refractivity contribution in [1.29, 1.82) is 0 Å². The Morgan fingerprint density at radius 3 is 3.08 bits per heavy atom. The summed E-state index contributed by atoms with van der Waals surface area (Å²) < 4.78 is 13.7. The van der Waals surface area contributed by atoms with Crippen LogP contribution in [0.3, 0.4) is 0 Å². The number of benzene rings is 1. The third-order valence-corrected chi connectivity index (χ3v) is 2.96. The fourth-order valence-corrected chi connectivity index (χ4v) is 2.04. The zero-order valence-corrected chi connectivity index (χ0v) is 8.99. The summed E-state index contributed by atoms with van der Waals surface area (Å²) in [5.74, 6) is 0.436. The molecule has 0 fully saturated rings. The lowest BCUT2D eigenvalue weighted by Gasteiger charge is -2.23. The van der Waals surface area contributed by atoms with Crippen LogP contribution in [0.4, 0.5) is 10.1 Å². The summed E-state index contributed by atoms with van der Waals surface area (Å²) >= 11 is 3.19. The predicted octanol–water partition coefficient (Wildman–Crippen LogP) is 3.19. The van der Waals surface area contributed by atoms with Crippen LogP contribution in [-0.2, 0) is 6.42 Å². The Morgan fingerprint density at radius 2 is 2.31 bits per heavy atom. The van der Waals surface area contributed by atoms with Crippen molar-refractivity contribution in [2.75, 3.05) is 11.9 Å². The largest absolute Gasteiger partial charge is 0.384 e. The summed E-state index contributed by atoms with van der Waals surface area (Å²) in [6.07, 6.45) is 1.03. The summed E-state index contributed by atoms with van der Waals surface area (Å²) in [4.78, 5) is 0. The van der Waals surface area contributed by atoms with Crippen LogP contribution in [0.5, 0.6) is 0 Å². The van der Waals surface area contributed by atoms with Crippen molar-refractivity contribution in [3.63, 3.8) is 0 Å². The van der Waals surface area contributed by atoms with Crippen molar-refractivity contribution in [2.24, 2.45) is 5.92 Å². The first kappa shape index (κ1) is 9.00. The van der Waals surface area contributed by atoms with Gasteiger partial charge < -0.3 is 5.32 Å². The van der Waals surface area contributed by atoms with E-state index >= 15 is 0 Å². The standard InChI is InChI=1S/C10H11BrFN/c1-6-2-7-3-8(11)9(12)4-10(7)13-5-6/h3-4,6,13H,2,5H2,1H3. The third kappa shape index (κ3) is 1.70. The number of hydrogen-bond acceptors (Lipinski definition) is 1. The highest BCUT2D eigenvalue weighted by atomic mass is 79.9. The molecule has 1 aliphatic heterocycles. The van der Waals surface area contributed by atoms with E-state index in [2.05, 4.69) is 28.2 Å². The monoisotopic (exact) mass is 243 g/mol. The maximum Gasteiger partial charge on any atom is 0.139 e. The molecule has 13 heavy (non-hydrogen) atoms. The van der Waals surface area contributed by atoms with Crippen molar-refractivity contribution in [3.8, 4) is 0 Å². The van der Waals surface area contributed by atoms with E-state index in [9.17, 15) is 4.39 Å². The van der Waals surface area contributed by atoms with Gasteiger partial charge in [0.25, 0.3) is 0 Å². The van der Waals surface area contributed by atoms with E-state index in [4.69, 9.17) is 0 Å². The highest BCUT2D eigenvalue weighted by molar-refractivity contribution is 9.10. The molecular formula is C10H11BrFN. The smallest absolute Gasteiger partial charge is 0.139 e. The molecule has 0 saturated heterocycles. The molecule has 1 aromatic rings. The second-order valence-electron chi connectivity index (χ2n) is 3.61. The Kier molecular flexibility index (Phi) is 2.28. The number of rotatable bonds is 0. The molecule has 3 heteroatoms. The Balaban J connectivity index is 2.43. The minimum atomic E-state index is -0.194. The van der Waals surface area contributed by atoms with E-state index < -0.39 is 0 Å². The molecule has 1 unspecified atom stereocenters. The van der Waals surface area contributed by atoms with Crippen molar-refractivity contribution in [1.82, 2.24) is 0 Å². The van der Waals surface area contributed by atoms with Crippen molar-refractivity contribution < 1.29 is 4.39 Å². The molecule has 2 rings (SSSR count). The molecule has 1 atom stereocenters. The minimum absolute atomic E-state index is 0.194. The normalized spacial score (nSPS) is 20.7. The first-order valence-electron chi connectivity index (χ1n) is 4.38. The van der Waals surface area contributed by atoms with E-state index in [0.717, 1.165) is 18.7 Å². The van der Waals surface area contributed by atoms with E-state index in [1.807, 2.05) is 6.07 Å². The van der Waals surface area contributed by atoms with Crippen LogP contribution in [0.15, 0.2) is 16.6 Å². The predicted molar refractivity (Wildman–Crippen MR) is 55.5 cm³/mol. The molecule has 1 N–H and O–H groups in total. The number of fused-ring (bicyclic) bond motifs is 1. The van der Waals surface area contributed by atoms with E-state index in [-0.39, 0.29) is 5.82 Å². The molecule has 0 amide bonds. The number of halogens is 2. The highest BCUT2D eigenvalue weighted by Crippen LogP contribution is 2.29. The van der Waals surface area contributed by atoms with Crippen molar-refractivity contribution in [2.45, 2.75) is 13.3 Å². The van der Waals surface area contributed by atoms with Gasteiger partial charge in [0, 0.05) is 12.2 Å². The summed E-state index contributed by atoms with van der Waals surface area (Å²) in [5, 5.41) is 3.22. The topological polar surface area (TPSA) is 12.0 Å². The van der Waals surface area contributed by atoms with Gasteiger partial charge in [0.15, 0.2) is 0 Å². The number of anilines is 1. The minimum Gasteiger partial charge on any atom is -0.384 e.